The van der Waals surface area contributed by atoms with Crippen LogP contribution in [0.1, 0.15) is 5.56 Å². The Balaban J connectivity index is 3.00. The van der Waals surface area contributed by atoms with E-state index in [0.29, 0.717) is 5.02 Å². The van der Waals surface area contributed by atoms with Gasteiger partial charge in [-0.25, -0.2) is 0 Å². The fourth-order valence-electron chi connectivity index (χ4n) is 0.847. The Kier molecular flexibility index (Phi) is 3.67. The van der Waals surface area contributed by atoms with E-state index in [1.807, 2.05) is 0 Å². The number of hydrogen-bond donors (Lipinski definition) is 0. The van der Waals surface area contributed by atoms with E-state index in [0.717, 1.165) is 6.08 Å². The van der Waals surface area contributed by atoms with E-state index in [-0.39, 0.29) is 5.56 Å². The normalized spacial score (nSPS) is 12.3. The van der Waals surface area contributed by atoms with Crippen molar-refractivity contribution >= 4 is 34.2 Å². The molecular formula is C9H6ClF2I. The molecule has 0 saturated heterocycles. The number of rotatable bonds is 2. The first-order valence-electron chi connectivity index (χ1n) is 3.48. The van der Waals surface area contributed by atoms with Gasteiger partial charge in [0.2, 0.25) is 0 Å². The van der Waals surface area contributed by atoms with Gasteiger partial charge < -0.3 is 0 Å². The zero-order valence-electron chi connectivity index (χ0n) is 6.48. The molecule has 4 heteroatoms. The van der Waals surface area contributed by atoms with Crippen molar-refractivity contribution in [1.82, 2.24) is 0 Å². The number of hydrogen-bond acceptors (Lipinski definition) is 0. The molecule has 0 radical (unpaired) electrons. The Morgan fingerprint density at radius 3 is 2.23 bits per heavy atom. The number of alkyl halides is 2. The molecule has 13 heavy (non-hydrogen) atoms. The zero-order valence-corrected chi connectivity index (χ0v) is 9.39. The molecule has 1 aromatic rings. The van der Waals surface area contributed by atoms with Gasteiger partial charge in [0.25, 0.3) is 5.92 Å². The SMILES string of the molecule is FC(F)(C=CI)c1ccc(Cl)cc1. The van der Waals surface area contributed by atoms with Crippen LogP contribution in [0.4, 0.5) is 8.78 Å². The topological polar surface area (TPSA) is 0 Å². The summed E-state index contributed by atoms with van der Waals surface area (Å²) in [5.74, 6) is -2.91. The van der Waals surface area contributed by atoms with Crippen LogP contribution in [0.15, 0.2) is 34.4 Å². The third kappa shape index (κ3) is 2.91. The van der Waals surface area contributed by atoms with Crippen LogP contribution in [-0.4, -0.2) is 0 Å². The highest BCUT2D eigenvalue weighted by atomic mass is 127. The molecule has 0 aliphatic rings. The molecule has 0 fully saturated rings. The largest absolute Gasteiger partial charge is 0.292 e. The van der Waals surface area contributed by atoms with Crippen LogP contribution in [-0.2, 0) is 5.92 Å². The van der Waals surface area contributed by atoms with Crippen molar-refractivity contribution in [1.29, 1.82) is 0 Å². The van der Waals surface area contributed by atoms with Gasteiger partial charge in [-0.2, -0.15) is 8.78 Å². The van der Waals surface area contributed by atoms with Crippen LogP contribution in [0.25, 0.3) is 0 Å². The highest BCUT2D eigenvalue weighted by molar-refractivity contribution is 14.1. The molecule has 0 amide bonds. The van der Waals surface area contributed by atoms with Crippen molar-refractivity contribution in [2.75, 3.05) is 0 Å². The zero-order chi connectivity index (χ0) is 9.90. The lowest BCUT2D eigenvalue weighted by atomic mass is 10.1. The van der Waals surface area contributed by atoms with E-state index in [4.69, 9.17) is 11.6 Å². The molecule has 0 nitrogen and oxygen atoms in total. The molecule has 0 heterocycles. The average molecular weight is 314 g/mol. The third-order valence-corrected chi connectivity index (χ3v) is 2.11. The summed E-state index contributed by atoms with van der Waals surface area (Å²) in [5, 5.41) is 0.456. The molecule has 70 valence electrons. The number of allylic oxidation sites excluding steroid dienone is 1. The minimum absolute atomic E-state index is 0.0511. The van der Waals surface area contributed by atoms with Gasteiger partial charge in [0.05, 0.1) is 0 Å². The molecule has 1 aromatic carbocycles. The van der Waals surface area contributed by atoms with Crippen molar-refractivity contribution in [2.45, 2.75) is 5.92 Å². The predicted octanol–water partition coefficient (Wildman–Crippen LogP) is 4.38. The van der Waals surface area contributed by atoms with Gasteiger partial charge in [0.15, 0.2) is 0 Å². The van der Waals surface area contributed by atoms with Gasteiger partial charge in [0.1, 0.15) is 0 Å². The summed E-state index contributed by atoms with van der Waals surface area (Å²) in [6.45, 7) is 0. The summed E-state index contributed by atoms with van der Waals surface area (Å²) in [6, 6.07) is 5.54. The second-order valence-electron chi connectivity index (χ2n) is 2.42. The highest BCUT2D eigenvalue weighted by Crippen LogP contribution is 2.30. The summed E-state index contributed by atoms with van der Waals surface area (Å²) in [6.07, 6.45) is 0.844. The lowest BCUT2D eigenvalue weighted by Gasteiger charge is -2.11. The van der Waals surface area contributed by atoms with Crippen LogP contribution >= 0.6 is 34.2 Å². The first-order valence-corrected chi connectivity index (χ1v) is 5.10. The highest BCUT2D eigenvalue weighted by Gasteiger charge is 2.27. The molecule has 0 unspecified atom stereocenters. The molecule has 1 rings (SSSR count). The molecular weight excluding hydrogens is 308 g/mol. The third-order valence-electron chi connectivity index (χ3n) is 1.50. The summed E-state index contributed by atoms with van der Waals surface area (Å²) in [7, 11) is 0. The fourth-order valence-corrected chi connectivity index (χ4v) is 1.43. The standard InChI is InChI=1S/C9H6ClF2I/c10-8-3-1-7(2-4-8)9(11,12)5-6-13/h1-6H. The smallest absolute Gasteiger partial charge is 0.196 e. The summed E-state index contributed by atoms with van der Waals surface area (Å²) < 4.78 is 27.6. The van der Waals surface area contributed by atoms with Gasteiger partial charge in [-0.05, 0) is 22.3 Å². The first-order chi connectivity index (χ1) is 6.06. The van der Waals surface area contributed by atoms with Gasteiger partial charge in [-0.15, -0.1) is 0 Å². The van der Waals surface area contributed by atoms with E-state index in [9.17, 15) is 8.78 Å². The van der Waals surface area contributed by atoms with Crippen LogP contribution < -0.4 is 0 Å². The Hall–Kier alpha value is -0.160. The van der Waals surface area contributed by atoms with Crippen molar-refractivity contribution in [3.05, 3.63) is 45.0 Å². The number of halogens is 4. The molecule has 0 aromatic heterocycles. The molecule has 0 N–H and O–H groups in total. The lowest BCUT2D eigenvalue weighted by molar-refractivity contribution is 0.0525. The second kappa shape index (κ2) is 4.37. The van der Waals surface area contributed by atoms with E-state index < -0.39 is 5.92 Å². The second-order valence-corrected chi connectivity index (χ2v) is 3.58. The van der Waals surface area contributed by atoms with Gasteiger partial charge in [0, 0.05) is 10.6 Å². The first kappa shape index (κ1) is 10.9. The van der Waals surface area contributed by atoms with Gasteiger partial charge >= 0.3 is 0 Å². The fraction of sp³-hybridized carbons (Fsp3) is 0.111. The summed E-state index contributed by atoms with van der Waals surface area (Å²) >= 11 is 7.33. The van der Waals surface area contributed by atoms with E-state index in [1.165, 1.54) is 28.3 Å². The predicted molar refractivity (Wildman–Crippen MR) is 58.5 cm³/mol. The minimum atomic E-state index is -2.91. The molecule has 0 spiro atoms. The average Bonchev–Trinajstić information content (AvgIpc) is 2.05. The van der Waals surface area contributed by atoms with Crippen LogP contribution in [0.5, 0.6) is 0 Å². The van der Waals surface area contributed by atoms with E-state index in [2.05, 4.69) is 0 Å². The van der Waals surface area contributed by atoms with Crippen molar-refractivity contribution in [3.63, 3.8) is 0 Å². The van der Waals surface area contributed by atoms with Gasteiger partial charge in [-0.3, -0.25) is 0 Å². The van der Waals surface area contributed by atoms with Crippen molar-refractivity contribution < 1.29 is 8.78 Å². The molecule has 0 saturated carbocycles. The van der Waals surface area contributed by atoms with Crippen LogP contribution in [0, 0.1) is 0 Å². The summed E-state index contributed by atoms with van der Waals surface area (Å²) in [5.41, 5.74) is -0.0511. The van der Waals surface area contributed by atoms with Crippen molar-refractivity contribution in [2.24, 2.45) is 0 Å². The van der Waals surface area contributed by atoms with Crippen molar-refractivity contribution in [3.8, 4) is 0 Å². The van der Waals surface area contributed by atoms with Crippen LogP contribution in [0.2, 0.25) is 5.02 Å². The van der Waals surface area contributed by atoms with Crippen LogP contribution in [0.3, 0.4) is 0 Å². The van der Waals surface area contributed by atoms with E-state index in [1.54, 1.807) is 22.6 Å². The Morgan fingerprint density at radius 2 is 1.77 bits per heavy atom. The molecule has 0 atom stereocenters. The summed E-state index contributed by atoms with van der Waals surface area (Å²) in [4.78, 5) is 0. The Bertz CT molecular complexity index is 306. The number of benzene rings is 1. The minimum Gasteiger partial charge on any atom is -0.196 e. The Morgan fingerprint density at radius 1 is 1.23 bits per heavy atom. The van der Waals surface area contributed by atoms with Gasteiger partial charge in [-0.1, -0.05) is 46.3 Å². The maximum Gasteiger partial charge on any atom is 0.292 e. The molecule has 0 aliphatic carbocycles. The maximum atomic E-state index is 13.2. The monoisotopic (exact) mass is 314 g/mol. The molecule has 0 aliphatic heterocycles. The van der Waals surface area contributed by atoms with E-state index >= 15 is 0 Å². The molecule has 0 bridgehead atoms. The maximum absolute atomic E-state index is 13.2. The Labute approximate surface area is 93.7 Å². The quantitative estimate of drug-likeness (QED) is 0.711. The lowest BCUT2D eigenvalue weighted by Crippen LogP contribution is -2.08.